The molecular formula is C11H21N3O. The van der Waals surface area contributed by atoms with Crippen LogP contribution in [0.5, 0.6) is 0 Å². The average molecular weight is 211 g/mol. The van der Waals surface area contributed by atoms with Crippen molar-refractivity contribution in [3.8, 4) is 0 Å². The highest BCUT2D eigenvalue weighted by molar-refractivity contribution is 5.05. The Morgan fingerprint density at radius 3 is 2.73 bits per heavy atom. The summed E-state index contributed by atoms with van der Waals surface area (Å²) in [5.41, 5.74) is 7.06. The van der Waals surface area contributed by atoms with Gasteiger partial charge in [0.25, 0.3) is 0 Å². The van der Waals surface area contributed by atoms with E-state index in [4.69, 9.17) is 10.5 Å². The fraction of sp³-hybridized carbons (Fsp3) is 0.727. The number of nitrogens with two attached hydrogens (primary N) is 1. The second-order valence-corrected chi connectivity index (χ2v) is 4.49. The van der Waals surface area contributed by atoms with E-state index in [-0.39, 0.29) is 11.6 Å². The van der Waals surface area contributed by atoms with E-state index in [9.17, 15) is 0 Å². The van der Waals surface area contributed by atoms with E-state index in [0.29, 0.717) is 0 Å². The number of methoxy groups -OCH3 is 1. The number of hydrogen-bond donors (Lipinski definition) is 1. The third kappa shape index (κ3) is 3.32. The summed E-state index contributed by atoms with van der Waals surface area (Å²) in [5, 5.41) is 4.11. The third-order valence-electron chi connectivity index (χ3n) is 2.85. The van der Waals surface area contributed by atoms with Crippen LogP contribution in [-0.2, 0) is 11.8 Å². The third-order valence-corrected chi connectivity index (χ3v) is 2.85. The van der Waals surface area contributed by atoms with Crippen LogP contribution in [0.1, 0.15) is 38.4 Å². The number of rotatable bonds is 5. The van der Waals surface area contributed by atoms with E-state index >= 15 is 0 Å². The predicted molar refractivity (Wildman–Crippen MR) is 60.5 cm³/mol. The van der Waals surface area contributed by atoms with Crippen LogP contribution in [0.2, 0.25) is 0 Å². The largest absolute Gasteiger partial charge is 0.379 e. The van der Waals surface area contributed by atoms with E-state index in [1.54, 1.807) is 13.3 Å². The molecule has 2 N–H and O–H groups in total. The zero-order valence-corrected chi connectivity index (χ0v) is 10.0. The fourth-order valence-corrected chi connectivity index (χ4v) is 1.50. The zero-order valence-electron chi connectivity index (χ0n) is 10.0. The Bertz CT molecular complexity index is 307. The summed E-state index contributed by atoms with van der Waals surface area (Å²) in [6.07, 6.45) is 3.62. The van der Waals surface area contributed by atoms with Gasteiger partial charge in [0.05, 0.1) is 11.3 Å². The summed E-state index contributed by atoms with van der Waals surface area (Å²) in [6, 6.07) is 2.00. The molecule has 0 aliphatic heterocycles. The van der Waals surface area contributed by atoms with Crippen LogP contribution in [0, 0.1) is 0 Å². The Morgan fingerprint density at radius 2 is 2.27 bits per heavy atom. The van der Waals surface area contributed by atoms with Gasteiger partial charge in [-0.1, -0.05) is 0 Å². The molecule has 0 fully saturated rings. The highest BCUT2D eigenvalue weighted by Gasteiger charge is 2.19. The van der Waals surface area contributed by atoms with Gasteiger partial charge in [0, 0.05) is 26.4 Å². The summed E-state index contributed by atoms with van der Waals surface area (Å²) in [6.45, 7) is 4.14. The maximum atomic E-state index is 6.09. The van der Waals surface area contributed by atoms with Gasteiger partial charge >= 0.3 is 0 Å². The van der Waals surface area contributed by atoms with Crippen LogP contribution >= 0.6 is 0 Å². The highest BCUT2D eigenvalue weighted by Crippen LogP contribution is 2.22. The van der Waals surface area contributed by atoms with Gasteiger partial charge in [-0.25, -0.2) is 0 Å². The summed E-state index contributed by atoms with van der Waals surface area (Å²) < 4.78 is 7.18. The molecule has 0 spiro atoms. The lowest BCUT2D eigenvalue weighted by Crippen LogP contribution is -2.25. The van der Waals surface area contributed by atoms with E-state index in [1.165, 1.54) is 0 Å². The summed E-state index contributed by atoms with van der Waals surface area (Å²) in [7, 11) is 3.65. The van der Waals surface area contributed by atoms with Crippen LogP contribution in [0.25, 0.3) is 0 Å². The molecule has 1 aromatic rings. The minimum atomic E-state index is -0.101. The second kappa shape index (κ2) is 4.77. The minimum Gasteiger partial charge on any atom is -0.379 e. The monoisotopic (exact) mass is 211 g/mol. The molecule has 0 aromatic carbocycles. The quantitative estimate of drug-likeness (QED) is 0.805. The molecular weight excluding hydrogens is 190 g/mol. The standard InChI is InChI=1S/C11H21N3O/c1-11(2,15-4)7-5-9(12)10-6-8-13-14(10)3/h6,8-9H,5,7,12H2,1-4H3. The maximum Gasteiger partial charge on any atom is 0.0623 e. The van der Waals surface area contributed by atoms with Gasteiger partial charge in [-0.05, 0) is 32.8 Å². The normalized spacial score (nSPS) is 14.2. The Balaban J connectivity index is 2.50. The molecule has 1 heterocycles. The molecule has 0 amide bonds. The van der Waals surface area contributed by atoms with Gasteiger partial charge in [-0.2, -0.15) is 5.10 Å². The molecule has 0 bridgehead atoms. The number of aromatic nitrogens is 2. The second-order valence-electron chi connectivity index (χ2n) is 4.49. The Hall–Kier alpha value is -0.870. The van der Waals surface area contributed by atoms with Crippen molar-refractivity contribution in [2.24, 2.45) is 12.8 Å². The fourth-order valence-electron chi connectivity index (χ4n) is 1.50. The topological polar surface area (TPSA) is 53.1 Å². The zero-order chi connectivity index (χ0) is 11.5. The van der Waals surface area contributed by atoms with Gasteiger partial charge in [0.2, 0.25) is 0 Å². The van der Waals surface area contributed by atoms with Gasteiger partial charge < -0.3 is 10.5 Å². The first-order chi connectivity index (χ1) is 6.96. The van der Waals surface area contributed by atoms with Gasteiger partial charge in [0.1, 0.15) is 0 Å². The van der Waals surface area contributed by atoms with Crippen LogP contribution in [-0.4, -0.2) is 22.5 Å². The molecule has 1 atom stereocenters. The maximum absolute atomic E-state index is 6.09. The molecule has 4 heteroatoms. The Labute approximate surface area is 91.4 Å². The Morgan fingerprint density at radius 1 is 1.60 bits per heavy atom. The van der Waals surface area contributed by atoms with Gasteiger partial charge in [-0.15, -0.1) is 0 Å². The summed E-state index contributed by atoms with van der Waals surface area (Å²) in [5.74, 6) is 0. The van der Waals surface area contributed by atoms with Crippen molar-refractivity contribution in [1.82, 2.24) is 9.78 Å². The molecule has 1 unspecified atom stereocenters. The van der Waals surface area contributed by atoms with Crippen molar-refractivity contribution in [3.05, 3.63) is 18.0 Å². The first-order valence-electron chi connectivity index (χ1n) is 5.25. The van der Waals surface area contributed by atoms with Crippen molar-refractivity contribution in [1.29, 1.82) is 0 Å². The first-order valence-corrected chi connectivity index (χ1v) is 5.25. The minimum absolute atomic E-state index is 0.0342. The summed E-state index contributed by atoms with van der Waals surface area (Å²) in [4.78, 5) is 0. The molecule has 0 saturated carbocycles. The van der Waals surface area contributed by atoms with Crippen LogP contribution in [0.4, 0.5) is 0 Å². The number of ether oxygens (including phenoxy) is 1. The van der Waals surface area contributed by atoms with Crippen molar-refractivity contribution in [2.75, 3.05) is 7.11 Å². The molecule has 15 heavy (non-hydrogen) atoms. The molecule has 1 aromatic heterocycles. The summed E-state index contributed by atoms with van der Waals surface area (Å²) >= 11 is 0. The highest BCUT2D eigenvalue weighted by atomic mass is 16.5. The lowest BCUT2D eigenvalue weighted by Gasteiger charge is -2.24. The Kier molecular flexibility index (Phi) is 3.88. The van der Waals surface area contributed by atoms with Crippen molar-refractivity contribution >= 4 is 0 Å². The molecule has 0 saturated heterocycles. The molecule has 0 aliphatic carbocycles. The van der Waals surface area contributed by atoms with E-state index in [2.05, 4.69) is 18.9 Å². The lowest BCUT2D eigenvalue weighted by atomic mass is 9.98. The number of nitrogens with zero attached hydrogens (tertiary/aromatic N) is 2. The molecule has 0 radical (unpaired) electrons. The number of hydrogen-bond acceptors (Lipinski definition) is 3. The van der Waals surface area contributed by atoms with E-state index < -0.39 is 0 Å². The first kappa shape index (κ1) is 12.2. The van der Waals surface area contributed by atoms with Crippen LogP contribution < -0.4 is 5.73 Å². The SMILES string of the molecule is COC(C)(C)CCC(N)c1ccnn1C. The average Bonchev–Trinajstić information content (AvgIpc) is 2.61. The molecule has 0 aliphatic rings. The molecule has 86 valence electrons. The van der Waals surface area contributed by atoms with Crippen LogP contribution in [0.15, 0.2) is 12.3 Å². The number of aryl methyl sites for hydroxylation is 1. The predicted octanol–water partition coefficient (Wildman–Crippen LogP) is 1.63. The van der Waals surface area contributed by atoms with E-state index in [1.807, 2.05) is 17.8 Å². The van der Waals surface area contributed by atoms with Crippen molar-refractivity contribution in [2.45, 2.75) is 38.3 Å². The smallest absolute Gasteiger partial charge is 0.0623 e. The molecule has 4 nitrogen and oxygen atoms in total. The van der Waals surface area contributed by atoms with Crippen molar-refractivity contribution in [3.63, 3.8) is 0 Å². The van der Waals surface area contributed by atoms with Crippen LogP contribution in [0.3, 0.4) is 0 Å². The van der Waals surface area contributed by atoms with E-state index in [0.717, 1.165) is 18.5 Å². The lowest BCUT2D eigenvalue weighted by molar-refractivity contribution is 0.0123. The van der Waals surface area contributed by atoms with Crippen molar-refractivity contribution < 1.29 is 4.74 Å². The van der Waals surface area contributed by atoms with Gasteiger partial charge in [0.15, 0.2) is 0 Å². The molecule has 1 rings (SSSR count). The van der Waals surface area contributed by atoms with Gasteiger partial charge in [-0.3, -0.25) is 4.68 Å².